The van der Waals surface area contributed by atoms with E-state index in [-0.39, 0.29) is 5.11 Å². The number of phenolic OH excluding ortho intramolecular Hbond substituents is 1. The fourth-order valence-corrected chi connectivity index (χ4v) is 2.79. The maximum Gasteiger partial charge on any atom is 0.184 e. The SMILES string of the molecule is C/C(=N\NC(N)=S)c1cc(I)c(O)c(I)c1. The number of aromatic hydroxyl groups is 1. The lowest BCUT2D eigenvalue weighted by molar-refractivity contribution is 0.467. The van der Waals surface area contributed by atoms with E-state index in [1.165, 1.54) is 0 Å². The summed E-state index contributed by atoms with van der Waals surface area (Å²) in [5.41, 5.74) is 9.47. The van der Waals surface area contributed by atoms with Crippen molar-refractivity contribution < 1.29 is 5.11 Å². The van der Waals surface area contributed by atoms with Gasteiger partial charge in [-0.3, -0.25) is 5.43 Å². The topological polar surface area (TPSA) is 70.6 Å². The molecule has 0 bridgehead atoms. The van der Waals surface area contributed by atoms with E-state index in [2.05, 4.69) is 67.9 Å². The molecule has 0 saturated carbocycles. The van der Waals surface area contributed by atoms with E-state index >= 15 is 0 Å². The Bertz CT molecular complexity index is 439. The van der Waals surface area contributed by atoms with Crippen LogP contribution in [-0.4, -0.2) is 15.9 Å². The van der Waals surface area contributed by atoms with Gasteiger partial charge in [-0.15, -0.1) is 0 Å². The Morgan fingerprint density at radius 1 is 1.44 bits per heavy atom. The highest BCUT2D eigenvalue weighted by atomic mass is 127. The van der Waals surface area contributed by atoms with Crippen molar-refractivity contribution in [2.24, 2.45) is 10.8 Å². The van der Waals surface area contributed by atoms with Crippen LogP contribution in [0.4, 0.5) is 0 Å². The number of nitrogens with one attached hydrogen (secondary N) is 1. The first kappa shape index (κ1) is 13.9. The van der Waals surface area contributed by atoms with Gasteiger partial charge in [0, 0.05) is 0 Å². The summed E-state index contributed by atoms with van der Waals surface area (Å²) in [7, 11) is 0. The average Bonchev–Trinajstić information content (AvgIpc) is 2.21. The third-order valence-corrected chi connectivity index (χ3v) is 3.50. The molecule has 1 rings (SSSR count). The number of phenols is 1. The van der Waals surface area contributed by atoms with Crippen LogP contribution in [0.3, 0.4) is 0 Å². The van der Waals surface area contributed by atoms with Gasteiger partial charge in [-0.25, -0.2) is 0 Å². The van der Waals surface area contributed by atoms with Crippen molar-refractivity contribution >= 4 is 68.2 Å². The minimum absolute atomic E-state index is 0.127. The van der Waals surface area contributed by atoms with Gasteiger partial charge in [-0.05, 0) is 82.0 Å². The van der Waals surface area contributed by atoms with Gasteiger partial charge >= 0.3 is 0 Å². The van der Waals surface area contributed by atoms with Gasteiger partial charge in [0.05, 0.1) is 12.9 Å². The quantitative estimate of drug-likeness (QED) is 0.274. The molecular weight excluding hydrogens is 452 g/mol. The molecule has 0 aliphatic heterocycles. The van der Waals surface area contributed by atoms with E-state index in [1.54, 1.807) is 0 Å². The van der Waals surface area contributed by atoms with Crippen molar-refractivity contribution in [3.63, 3.8) is 0 Å². The maximum atomic E-state index is 9.62. The van der Waals surface area contributed by atoms with Gasteiger partial charge < -0.3 is 10.8 Å². The third-order valence-electron chi connectivity index (χ3n) is 1.77. The number of halogens is 2. The van der Waals surface area contributed by atoms with Crippen LogP contribution in [-0.2, 0) is 0 Å². The van der Waals surface area contributed by atoms with E-state index in [9.17, 15) is 5.11 Å². The number of hydrogen-bond acceptors (Lipinski definition) is 3. The number of benzene rings is 1. The van der Waals surface area contributed by atoms with Gasteiger partial charge in [0.15, 0.2) is 5.11 Å². The first-order valence-electron chi connectivity index (χ1n) is 4.20. The fourth-order valence-electron chi connectivity index (χ4n) is 0.978. The van der Waals surface area contributed by atoms with Gasteiger partial charge in [-0.2, -0.15) is 5.10 Å². The smallest absolute Gasteiger partial charge is 0.184 e. The number of nitrogens with two attached hydrogens (primary N) is 1. The highest BCUT2D eigenvalue weighted by Gasteiger charge is 2.07. The predicted octanol–water partition coefficient (Wildman–Crippen LogP) is 2.16. The summed E-state index contributed by atoms with van der Waals surface area (Å²) in [5, 5.41) is 13.8. The molecule has 0 heterocycles. The molecule has 0 amide bonds. The van der Waals surface area contributed by atoms with Crippen molar-refractivity contribution in [1.29, 1.82) is 0 Å². The molecule has 16 heavy (non-hydrogen) atoms. The summed E-state index contributed by atoms with van der Waals surface area (Å²) < 4.78 is 1.56. The molecule has 86 valence electrons. The Labute approximate surface area is 126 Å². The molecule has 1 aromatic carbocycles. The second kappa shape index (κ2) is 5.96. The van der Waals surface area contributed by atoms with Crippen molar-refractivity contribution in [3.05, 3.63) is 24.8 Å². The Hall–Kier alpha value is -0.160. The number of hydrazone groups is 1. The van der Waals surface area contributed by atoms with Crippen LogP contribution < -0.4 is 11.2 Å². The molecule has 0 unspecified atom stereocenters. The molecule has 4 nitrogen and oxygen atoms in total. The Balaban J connectivity index is 3.05. The minimum atomic E-state index is 0.127. The molecule has 1 aromatic rings. The van der Waals surface area contributed by atoms with Crippen molar-refractivity contribution in [2.75, 3.05) is 0 Å². The molecule has 0 saturated heterocycles. The van der Waals surface area contributed by atoms with Crippen LogP contribution in [0.5, 0.6) is 5.75 Å². The summed E-state index contributed by atoms with van der Waals surface area (Å²) >= 11 is 8.79. The second-order valence-corrected chi connectivity index (χ2v) is 5.73. The number of hydrogen-bond donors (Lipinski definition) is 3. The van der Waals surface area contributed by atoms with E-state index in [4.69, 9.17) is 5.73 Å². The zero-order valence-corrected chi connectivity index (χ0v) is 13.4. The van der Waals surface area contributed by atoms with Crippen LogP contribution in [0.2, 0.25) is 0 Å². The zero-order chi connectivity index (χ0) is 12.3. The molecule has 0 atom stereocenters. The molecule has 0 radical (unpaired) electrons. The Morgan fingerprint density at radius 2 is 1.94 bits per heavy atom. The van der Waals surface area contributed by atoms with Gasteiger partial charge in [-0.1, -0.05) is 0 Å². The molecule has 0 aromatic heterocycles. The third kappa shape index (κ3) is 3.70. The Kier molecular flexibility index (Phi) is 5.18. The van der Waals surface area contributed by atoms with Gasteiger partial charge in [0.25, 0.3) is 0 Å². The van der Waals surface area contributed by atoms with Crippen LogP contribution in [0.15, 0.2) is 17.2 Å². The summed E-state index contributed by atoms with van der Waals surface area (Å²) in [6.07, 6.45) is 0. The van der Waals surface area contributed by atoms with E-state index in [0.29, 0.717) is 5.75 Å². The maximum absolute atomic E-state index is 9.62. The predicted molar refractivity (Wildman–Crippen MR) is 85.7 cm³/mol. The number of nitrogens with zero attached hydrogens (tertiary/aromatic N) is 1. The lowest BCUT2D eigenvalue weighted by Gasteiger charge is -2.06. The van der Waals surface area contributed by atoms with Gasteiger partial charge in [0.2, 0.25) is 0 Å². The highest BCUT2D eigenvalue weighted by Crippen LogP contribution is 2.27. The lowest BCUT2D eigenvalue weighted by Crippen LogP contribution is -2.25. The molecule has 0 aliphatic carbocycles. The zero-order valence-electron chi connectivity index (χ0n) is 8.29. The van der Waals surface area contributed by atoms with E-state index in [0.717, 1.165) is 18.4 Å². The summed E-state index contributed by atoms with van der Waals surface area (Å²) in [5.74, 6) is 0.292. The highest BCUT2D eigenvalue weighted by molar-refractivity contribution is 14.1. The van der Waals surface area contributed by atoms with E-state index in [1.807, 2.05) is 19.1 Å². The average molecular weight is 461 g/mol. The summed E-state index contributed by atoms with van der Waals surface area (Å²) in [4.78, 5) is 0. The van der Waals surface area contributed by atoms with Crippen LogP contribution in [0.1, 0.15) is 12.5 Å². The molecular formula is C9H9I2N3OS. The molecule has 0 spiro atoms. The molecule has 0 fully saturated rings. The molecule has 4 N–H and O–H groups in total. The van der Waals surface area contributed by atoms with Crippen LogP contribution in [0.25, 0.3) is 0 Å². The lowest BCUT2D eigenvalue weighted by atomic mass is 10.1. The first-order chi connectivity index (χ1) is 7.41. The van der Waals surface area contributed by atoms with Crippen molar-refractivity contribution in [3.8, 4) is 5.75 Å². The van der Waals surface area contributed by atoms with Crippen LogP contribution in [0, 0.1) is 7.14 Å². The standard InChI is InChI=1S/C9H9I2N3OS/c1-4(13-14-9(12)16)5-2-6(10)8(15)7(11)3-5/h2-3,15H,1H3,(H3,12,14,16)/b13-4+. The largest absolute Gasteiger partial charge is 0.506 e. The van der Waals surface area contributed by atoms with Crippen molar-refractivity contribution in [2.45, 2.75) is 6.92 Å². The van der Waals surface area contributed by atoms with Crippen LogP contribution >= 0.6 is 57.4 Å². The number of thiocarbonyl (C=S) groups is 1. The van der Waals surface area contributed by atoms with Gasteiger partial charge in [0.1, 0.15) is 5.75 Å². The molecule has 7 heteroatoms. The summed E-state index contributed by atoms with van der Waals surface area (Å²) in [6.45, 7) is 1.84. The fraction of sp³-hybridized carbons (Fsp3) is 0.111. The first-order valence-corrected chi connectivity index (χ1v) is 6.76. The Morgan fingerprint density at radius 3 is 2.38 bits per heavy atom. The normalized spacial score (nSPS) is 11.3. The van der Waals surface area contributed by atoms with Crippen molar-refractivity contribution in [1.82, 2.24) is 5.43 Å². The molecule has 0 aliphatic rings. The van der Waals surface area contributed by atoms with E-state index < -0.39 is 0 Å². The number of rotatable bonds is 2. The summed E-state index contributed by atoms with van der Waals surface area (Å²) in [6, 6.07) is 3.69. The minimum Gasteiger partial charge on any atom is -0.506 e. The second-order valence-electron chi connectivity index (χ2n) is 2.96. The monoisotopic (exact) mass is 461 g/mol.